The molecule has 15 heteroatoms. The van der Waals surface area contributed by atoms with Crippen LogP contribution in [0.3, 0.4) is 0 Å². The van der Waals surface area contributed by atoms with Crippen molar-refractivity contribution in [2.24, 2.45) is 11.8 Å². The molecule has 2 amide bonds. The highest BCUT2D eigenvalue weighted by Gasteiger charge is 2.46. The standard InChI is InChI=1S/C29H35F4N7O4/c1-2-43-15-21(36-23(41)9-16-11-29(32,33)12-16)19-10-22-35-20(14-40(22)34-13-19)24(18-5-7-28(30,31)8-6-18)37-27(42)26-25(17-3-4-17)38-44-39-26/h10,13-14,16-18,21,24H,2-9,11-12,15H2,1H3,(H,36,41)(H,37,42)/t21-,24-/m0/s1. The van der Waals surface area contributed by atoms with E-state index in [0.29, 0.717) is 29.2 Å². The lowest BCUT2D eigenvalue weighted by Crippen LogP contribution is -2.40. The molecular formula is C29H35F4N7O4. The summed E-state index contributed by atoms with van der Waals surface area (Å²) in [5.74, 6) is -6.89. The number of nitrogens with zero attached hydrogens (tertiary/aromatic N) is 5. The van der Waals surface area contributed by atoms with Crippen molar-refractivity contribution >= 4 is 17.5 Å². The van der Waals surface area contributed by atoms with Crippen LogP contribution in [0.15, 0.2) is 23.1 Å². The van der Waals surface area contributed by atoms with Gasteiger partial charge in [-0.3, -0.25) is 9.59 Å². The van der Waals surface area contributed by atoms with E-state index >= 15 is 0 Å². The van der Waals surface area contributed by atoms with Crippen molar-refractivity contribution in [2.45, 2.75) is 94.6 Å². The minimum Gasteiger partial charge on any atom is -0.379 e. The van der Waals surface area contributed by atoms with Crippen LogP contribution >= 0.6 is 0 Å². The van der Waals surface area contributed by atoms with Gasteiger partial charge in [-0.15, -0.1) is 0 Å². The van der Waals surface area contributed by atoms with Gasteiger partial charge in [-0.1, -0.05) is 5.16 Å². The molecule has 0 aliphatic heterocycles. The highest BCUT2D eigenvalue weighted by molar-refractivity contribution is 5.93. The Kier molecular flexibility index (Phi) is 8.33. The molecular weight excluding hydrogens is 586 g/mol. The zero-order valence-corrected chi connectivity index (χ0v) is 24.3. The highest BCUT2D eigenvalue weighted by Crippen LogP contribution is 2.44. The Labute approximate surface area is 250 Å². The van der Waals surface area contributed by atoms with E-state index in [9.17, 15) is 27.2 Å². The first-order valence-corrected chi connectivity index (χ1v) is 15.1. The van der Waals surface area contributed by atoms with Gasteiger partial charge in [0.15, 0.2) is 11.3 Å². The van der Waals surface area contributed by atoms with Gasteiger partial charge in [0.2, 0.25) is 17.8 Å². The number of imidazole rings is 1. The van der Waals surface area contributed by atoms with E-state index in [1.807, 2.05) is 6.92 Å². The first-order chi connectivity index (χ1) is 21.0. The van der Waals surface area contributed by atoms with Gasteiger partial charge in [0.25, 0.3) is 5.91 Å². The van der Waals surface area contributed by atoms with Crippen LogP contribution in [-0.2, 0) is 9.53 Å². The van der Waals surface area contributed by atoms with Crippen molar-refractivity contribution in [3.05, 3.63) is 41.1 Å². The molecule has 0 aromatic carbocycles. The van der Waals surface area contributed by atoms with Crippen molar-refractivity contribution in [1.82, 2.24) is 35.5 Å². The summed E-state index contributed by atoms with van der Waals surface area (Å²) < 4.78 is 66.5. The van der Waals surface area contributed by atoms with Gasteiger partial charge in [-0.25, -0.2) is 31.7 Å². The number of rotatable bonds is 12. The molecule has 2 N–H and O–H groups in total. The molecule has 3 aliphatic rings. The minimum atomic E-state index is -2.75. The summed E-state index contributed by atoms with van der Waals surface area (Å²) in [5.41, 5.74) is 2.03. The first-order valence-electron chi connectivity index (χ1n) is 15.1. The molecule has 0 saturated heterocycles. The van der Waals surface area contributed by atoms with Gasteiger partial charge in [0.1, 0.15) is 5.69 Å². The molecule has 3 aromatic rings. The van der Waals surface area contributed by atoms with Crippen LogP contribution < -0.4 is 10.6 Å². The summed E-state index contributed by atoms with van der Waals surface area (Å²) >= 11 is 0. The van der Waals surface area contributed by atoms with E-state index in [1.165, 1.54) is 4.52 Å². The molecule has 44 heavy (non-hydrogen) atoms. The Balaban J connectivity index is 1.23. The predicted octanol–water partition coefficient (Wildman–Crippen LogP) is 4.92. The molecule has 238 valence electrons. The molecule has 3 heterocycles. The van der Waals surface area contributed by atoms with E-state index in [4.69, 9.17) is 14.3 Å². The molecule has 2 atom stereocenters. The molecule has 0 radical (unpaired) electrons. The largest absolute Gasteiger partial charge is 0.379 e. The number of fused-ring (bicyclic) bond motifs is 1. The Hall–Kier alpha value is -3.62. The van der Waals surface area contributed by atoms with Crippen LogP contribution in [0.4, 0.5) is 17.6 Å². The topological polar surface area (TPSA) is 137 Å². The van der Waals surface area contributed by atoms with Gasteiger partial charge in [-0.2, -0.15) is 5.10 Å². The van der Waals surface area contributed by atoms with Crippen molar-refractivity contribution in [3.63, 3.8) is 0 Å². The summed E-state index contributed by atoms with van der Waals surface area (Å²) in [5, 5.41) is 18.0. The lowest BCUT2D eigenvalue weighted by Gasteiger charge is -2.34. The fourth-order valence-electron chi connectivity index (χ4n) is 6.17. The Morgan fingerprint density at radius 1 is 1.09 bits per heavy atom. The maximum atomic E-state index is 14.1. The molecule has 0 spiro atoms. The molecule has 3 saturated carbocycles. The summed E-state index contributed by atoms with van der Waals surface area (Å²) in [4.78, 5) is 30.8. The van der Waals surface area contributed by atoms with Gasteiger partial charge in [0.05, 0.1) is 36.8 Å². The Morgan fingerprint density at radius 2 is 1.84 bits per heavy atom. The fraction of sp³-hybridized carbons (Fsp3) is 0.655. The Morgan fingerprint density at radius 3 is 2.52 bits per heavy atom. The normalized spacial score (nSPS) is 21.5. The molecule has 6 rings (SSSR count). The second kappa shape index (κ2) is 12.1. The predicted molar refractivity (Wildman–Crippen MR) is 146 cm³/mol. The first kappa shape index (κ1) is 30.4. The van der Waals surface area contributed by atoms with Crippen molar-refractivity contribution in [2.75, 3.05) is 13.2 Å². The Bertz CT molecular complexity index is 1490. The highest BCUT2D eigenvalue weighted by atomic mass is 19.3. The second-order valence-corrected chi connectivity index (χ2v) is 12.3. The number of nitrogens with one attached hydrogen (secondary N) is 2. The van der Waals surface area contributed by atoms with Crippen LogP contribution in [0.25, 0.3) is 5.65 Å². The van der Waals surface area contributed by atoms with Gasteiger partial charge in [-0.05, 0) is 55.7 Å². The maximum absolute atomic E-state index is 14.1. The van der Waals surface area contributed by atoms with E-state index in [0.717, 1.165) is 12.8 Å². The lowest BCUT2D eigenvalue weighted by atomic mass is 9.79. The number of carbonyl (C=O) groups excluding carboxylic acids is 2. The number of ether oxygens (including phenoxy) is 1. The third-order valence-electron chi connectivity index (χ3n) is 8.77. The van der Waals surface area contributed by atoms with Crippen LogP contribution in [0, 0.1) is 11.8 Å². The van der Waals surface area contributed by atoms with Crippen molar-refractivity contribution in [3.8, 4) is 0 Å². The molecule has 11 nitrogen and oxygen atoms in total. The number of hydrogen-bond donors (Lipinski definition) is 2. The third kappa shape index (κ3) is 6.87. The van der Waals surface area contributed by atoms with Crippen LogP contribution in [0.1, 0.15) is 110 Å². The van der Waals surface area contributed by atoms with E-state index in [-0.39, 0.29) is 80.9 Å². The summed E-state index contributed by atoms with van der Waals surface area (Å²) in [6.07, 6.45) is 4.15. The van der Waals surface area contributed by atoms with Crippen LogP contribution in [0.2, 0.25) is 0 Å². The number of halogens is 4. The fourth-order valence-corrected chi connectivity index (χ4v) is 6.17. The van der Waals surface area contributed by atoms with E-state index in [1.54, 1.807) is 18.5 Å². The molecule has 3 aliphatic carbocycles. The summed E-state index contributed by atoms with van der Waals surface area (Å²) in [6.45, 7) is 2.35. The van der Waals surface area contributed by atoms with Gasteiger partial charge < -0.3 is 15.4 Å². The third-order valence-corrected chi connectivity index (χ3v) is 8.77. The number of hydrogen-bond acceptors (Lipinski definition) is 8. The minimum absolute atomic E-state index is 0.00722. The number of amides is 2. The summed E-state index contributed by atoms with van der Waals surface area (Å²) in [7, 11) is 0. The zero-order valence-electron chi connectivity index (χ0n) is 24.3. The van der Waals surface area contributed by atoms with Crippen LogP contribution in [0.5, 0.6) is 0 Å². The average molecular weight is 622 g/mol. The SMILES string of the molecule is CCOC[C@H](NC(=O)CC1CC(F)(F)C1)c1cnn2cc([C@@H](NC(=O)c3nonc3C3CC3)C3CCC(F)(F)CC3)nc2c1. The number of alkyl halides is 4. The zero-order chi connectivity index (χ0) is 31.1. The molecule has 3 aromatic heterocycles. The van der Waals surface area contributed by atoms with Crippen molar-refractivity contribution < 1.29 is 36.5 Å². The van der Waals surface area contributed by atoms with E-state index in [2.05, 4.69) is 26.0 Å². The van der Waals surface area contributed by atoms with Gasteiger partial charge in [0, 0.05) is 50.2 Å². The molecule has 3 fully saturated rings. The quantitative estimate of drug-likeness (QED) is 0.272. The summed E-state index contributed by atoms with van der Waals surface area (Å²) in [6, 6.07) is 0.419. The lowest BCUT2D eigenvalue weighted by molar-refractivity contribution is -0.134. The monoisotopic (exact) mass is 621 g/mol. The van der Waals surface area contributed by atoms with Crippen molar-refractivity contribution in [1.29, 1.82) is 0 Å². The number of carbonyl (C=O) groups is 2. The van der Waals surface area contributed by atoms with E-state index < -0.39 is 29.8 Å². The van der Waals surface area contributed by atoms with Crippen LogP contribution in [-0.4, -0.2) is 61.8 Å². The second-order valence-electron chi connectivity index (χ2n) is 12.3. The number of aromatic nitrogens is 5. The average Bonchev–Trinajstić information content (AvgIpc) is 3.52. The smallest absolute Gasteiger partial charge is 0.276 e. The van der Waals surface area contributed by atoms with Gasteiger partial charge >= 0.3 is 0 Å². The molecule has 0 unspecified atom stereocenters. The maximum Gasteiger partial charge on any atom is 0.276 e. The molecule has 0 bridgehead atoms.